The largest absolute Gasteiger partial charge is 0.507 e. The molecule has 2 N–H and O–H groups in total. The highest BCUT2D eigenvalue weighted by Gasteiger charge is 2.66. The summed E-state index contributed by atoms with van der Waals surface area (Å²) >= 11 is 0. The van der Waals surface area contributed by atoms with Crippen LogP contribution in [0.3, 0.4) is 0 Å². The van der Waals surface area contributed by atoms with Crippen LogP contribution in [0, 0.1) is 0 Å². The number of benzene rings is 1. The summed E-state index contributed by atoms with van der Waals surface area (Å²) in [7, 11) is 0. The van der Waals surface area contributed by atoms with Crippen molar-refractivity contribution in [1.29, 1.82) is 0 Å². The maximum atomic E-state index is 13.0. The van der Waals surface area contributed by atoms with Crippen molar-refractivity contribution in [1.82, 2.24) is 0 Å². The van der Waals surface area contributed by atoms with Crippen LogP contribution >= 0.6 is 0 Å². The Labute approximate surface area is 99.5 Å². The molecule has 1 saturated carbocycles. The minimum atomic E-state index is -4.69. The molecular weight excluding hydrogens is 254 g/mol. The van der Waals surface area contributed by atoms with E-state index in [1.165, 1.54) is 18.2 Å². The smallest absolute Gasteiger partial charge is 0.421 e. The zero-order valence-corrected chi connectivity index (χ0v) is 9.05. The van der Waals surface area contributed by atoms with Gasteiger partial charge < -0.3 is 15.2 Å². The zero-order valence-electron chi connectivity index (χ0n) is 9.05. The van der Waals surface area contributed by atoms with Crippen molar-refractivity contribution in [2.24, 2.45) is 5.73 Å². The van der Waals surface area contributed by atoms with E-state index in [0.717, 1.165) is 12.8 Å². The molecule has 3 nitrogen and oxygen atoms in total. The van der Waals surface area contributed by atoms with Crippen LogP contribution in [0.15, 0.2) is 18.2 Å². The van der Waals surface area contributed by atoms with E-state index in [1.54, 1.807) is 0 Å². The summed E-state index contributed by atoms with van der Waals surface area (Å²) in [6.07, 6.45) is -7.93. The fraction of sp³-hybridized carbons (Fsp3) is 0.455. The molecule has 1 heterocycles. The number of nitrogens with two attached hydrogens (primary N) is 1. The number of hydrogen-bond donors (Lipinski definition) is 1. The van der Waals surface area contributed by atoms with Gasteiger partial charge in [0.05, 0.1) is 0 Å². The minimum Gasteiger partial charge on any atom is -0.421 e. The van der Waals surface area contributed by atoms with Gasteiger partial charge in [0.2, 0.25) is 0 Å². The Balaban J connectivity index is 2.01. The molecule has 1 fully saturated rings. The second-order valence-electron chi connectivity index (χ2n) is 4.56. The average Bonchev–Trinajstić information content (AvgIpc) is 2.98. The van der Waals surface area contributed by atoms with Gasteiger partial charge in [-0.05, 0) is 30.5 Å². The SMILES string of the molecule is NC1(c2ccc3c(c2)OC(F)(F)C(F)(F)O3)CC1. The van der Waals surface area contributed by atoms with Crippen LogP contribution in [0.2, 0.25) is 0 Å². The molecular formula is C11H9F4NO2. The van der Waals surface area contributed by atoms with E-state index < -0.39 is 29.3 Å². The number of alkyl halides is 4. The molecule has 0 spiro atoms. The van der Waals surface area contributed by atoms with Crippen LogP contribution in [0.5, 0.6) is 11.5 Å². The summed E-state index contributed by atoms with van der Waals surface area (Å²) in [5.41, 5.74) is 5.90. The van der Waals surface area contributed by atoms with Crippen LogP contribution in [0.4, 0.5) is 17.6 Å². The molecule has 0 radical (unpaired) electrons. The molecule has 7 heteroatoms. The summed E-state index contributed by atoms with van der Waals surface area (Å²) in [6, 6.07) is 3.88. The first-order chi connectivity index (χ1) is 8.24. The standard InChI is InChI=1S/C11H9F4NO2/c12-10(13)11(14,15)18-8-5-6(9(16)3-4-9)1-2-7(8)17-10/h1-2,5H,3-4,16H2. The van der Waals surface area contributed by atoms with Gasteiger partial charge in [0.25, 0.3) is 0 Å². The summed E-state index contributed by atoms with van der Waals surface area (Å²) in [4.78, 5) is 0. The fourth-order valence-corrected chi connectivity index (χ4v) is 1.80. The third kappa shape index (κ3) is 1.53. The van der Waals surface area contributed by atoms with Crippen molar-refractivity contribution < 1.29 is 27.0 Å². The van der Waals surface area contributed by atoms with Crippen LogP contribution < -0.4 is 15.2 Å². The number of ether oxygens (including phenoxy) is 2. The van der Waals surface area contributed by atoms with Crippen LogP contribution in [0.1, 0.15) is 18.4 Å². The lowest BCUT2D eigenvalue weighted by molar-refractivity contribution is -0.391. The lowest BCUT2D eigenvalue weighted by Gasteiger charge is -2.32. The molecule has 0 unspecified atom stereocenters. The van der Waals surface area contributed by atoms with Crippen molar-refractivity contribution in [2.75, 3.05) is 0 Å². The highest BCUT2D eigenvalue weighted by molar-refractivity contribution is 5.47. The van der Waals surface area contributed by atoms with Crippen molar-refractivity contribution in [3.8, 4) is 11.5 Å². The van der Waals surface area contributed by atoms with E-state index in [0.29, 0.717) is 5.56 Å². The average molecular weight is 263 g/mol. The van der Waals surface area contributed by atoms with Gasteiger partial charge in [-0.15, -0.1) is 0 Å². The number of hydrogen-bond acceptors (Lipinski definition) is 3. The molecule has 2 aliphatic rings. The van der Waals surface area contributed by atoms with Crippen molar-refractivity contribution in [3.63, 3.8) is 0 Å². The Kier molecular flexibility index (Phi) is 1.99. The van der Waals surface area contributed by atoms with Gasteiger partial charge in [0, 0.05) is 5.54 Å². The number of fused-ring (bicyclic) bond motifs is 1. The Morgan fingerprint density at radius 1 is 0.944 bits per heavy atom. The lowest BCUT2D eigenvalue weighted by atomic mass is 10.1. The van der Waals surface area contributed by atoms with E-state index in [-0.39, 0.29) is 0 Å². The molecule has 1 aliphatic carbocycles. The Bertz CT molecular complexity index is 514. The fourth-order valence-electron chi connectivity index (χ4n) is 1.80. The summed E-state index contributed by atoms with van der Waals surface area (Å²) in [5.74, 6) is -0.834. The normalized spacial score (nSPS) is 25.6. The van der Waals surface area contributed by atoms with Gasteiger partial charge in [-0.3, -0.25) is 0 Å². The maximum absolute atomic E-state index is 13.0. The Morgan fingerprint density at radius 2 is 1.50 bits per heavy atom. The molecule has 0 aromatic heterocycles. The topological polar surface area (TPSA) is 44.5 Å². The van der Waals surface area contributed by atoms with Crippen LogP contribution in [-0.4, -0.2) is 12.2 Å². The van der Waals surface area contributed by atoms with Gasteiger partial charge in [-0.1, -0.05) is 6.07 Å². The molecule has 0 bridgehead atoms. The maximum Gasteiger partial charge on any atom is 0.507 e. The van der Waals surface area contributed by atoms with Gasteiger partial charge in [-0.25, -0.2) is 0 Å². The highest BCUT2D eigenvalue weighted by Crippen LogP contribution is 2.50. The molecule has 18 heavy (non-hydrogen) atoms. The minimum absolute atomic E-state index is 0.417. The first-order valence-electron chi connectivity index (χ1n) is 5.31. The second kappa shape index (κ2) is 3.09. The van der Waals surface area contributed by atoms with E-state index in [9.17, 15) is 17.6 Å². The zero-order chi connectivity index (χ0) is 13.2. The lowest BCUT2D eigenvalue weighted by Crippen LogP contribution is -2.52. The molecule has 1 aromatic carbocycles. The van der Waals surface area contributed by atoms with Crippen molar-refractivity contribution in [2.45, 2.75) is 30.6 Å². The predicted molar refractivity (Wildman–Crippen MR) is 52.7 cm³/mol. The van der Waals surface area contributed by atoms with E-state index in [1.807, 2.05) is 0 Å². The molecule has 0 amide bonds. The van der Waals surface area contributed by atoms with E-state index >= 15 is 0 Å². The molecule has 98 valence electrons. The Morgan fingerprint density at radius 3 is 2.06 bits per heavy atom. The van der Waals surface area contributed by atoms with Crippen molar-refractivity contribution in [3.05, 3.63) is 23.8 Å². The van der Waals surface area contributed by atoms with Gasteiger partial charge in [0.1, 0.15) is 0 Å². The first kappa shape index (κ1) is 11.6. The third-order valence-electron chi connectivity index (χ3n) is 3.12. The summed E-state index contributed by atoms with van der Waals surface area (Å²) in [6.45, 7) is 0. The molecule has 1 aromatic rings. The van der Waals surface area contributed by atoms with E-state index in [4.69, 9.17) is 5.73 Å². The number of halogens is 4. The van der Waals surface area contributed by atoms with Crippen molar-refractivity contribution >= 4 is 0 Å². The second-order valence-corrected chi connectivity index (χ2v) is 4.56. The van der Waals surface area contributed by atoms with Gasteiger partial charge >= 0.3 is 12.2 Å². The Hall–Kier alpha value is -1.50. The van der Waals surface area contributed by atoms with Gasteiger partial charge in [-0.2, -0.15) is 17.6 Å². The van der Waals surface area contributed by atoms with Crippen LogP contribution in [0.25, 0.3) is 0 Å². The molecule has 0 atom stereocenters. The molecule has 0 saturated heterocycles. The van der Waals surface area contributed by atoms with Gasteiger partial charge in [0.15, 0.2) is 11.5 Å². The summed E-state index contributed by atoms with van der Waals surface area (Å²) < 4.78 is 59.7. The first-order valence-corrected chi connectivity index (χ1v) is 5.31. The highest BCUT2D eigenvalue weighted by atomic mass is 19.3. The van der Waals surface area contributed by atoms with Crippen LogP contribution in [-0.2, 0) is 5.54 Å². The third-order valence-corrected chi connectivity index (χ3v) is 3.12. The molecule has 1 aliphatic heterocycles. The summed E-state index contributed by atoms with van der Waals surface area (Å²) in [5, 5.41) is 0. The number of rotatable bonds is 1. The monoisotopic (exact) mass is 263 g/mol. The quantitative estimate of drug-likeness (QED) is 0.792. The predicted octanol–water partition coefficient (Wildman–Crippen LogP) is 2.59. The van der Waals surface area contributed by atoms with E-state index in [2.05, 4.69) is 9.47 Å². The molecule has 3 rings (SSSR count).